The molecule has 3 heterocycles. The Kier molecular flexibility index (Phi) is 2.18. The molecule has 1 N–H and O–H groups in total. The number of nitrogens with zero attached hydrogens (tertiary/aromatic N) is 4. The molecule has 0 fully saturated rings. The second kappa shape index (κ2) is 3.68. The summed E-state index contributed by atoms with van der Waals surface area (Å²) in [5.41, 5.74) is 3.34. The molecule has 0 amide bonds. The van der Waals surface area contributed by atoms with Crippen molar-refractivity contribution in [3.05, 3.63) is 35.3 Å². The van der Waals surface area contributed by atoms with Crippen LogP contribution in [0.5, 0.6) is 0 Å². The van der Waals surface area contributed by atoms with Gasteiger partial charge in [0.1, 0.15) is 0 Å². The van der Waals surface area contributed by atoms with Crippen molar-refractivity contribution in [3.8, 4) is 5.82 Å². The summed E-state index contributed by atoms with van der Waals surface area (Å²) in [6.45, 7) is 3.83. The zero-order valence-corrected chi connectivity index (χ0v) is 9.14. The second-order valence-corrected chi connectivity index (χ2v) is 4.01. The summed E-state index contributed by atoms with van der Waals surface area (Å²) in [5, 5.41) is 16.0. The topological polar surface area (TPSA) is 55.6 Å². The molecule has 0 aliphatic carbocycles. The van der Waals surface area contributed by atoms with Crippen molar-refractivity contribution in [2.75, 3.05) is 6.54 Å². The van der Waals surface area contributed by atoms with Gasteiger partial charge in [0.2, 0.25) is 0 Å². The molecule has 5 nitrogen and oxygen atoms in total. The van der Waals surface area contributed by atoms with E-state index in [1.165, 1.54) is 11.3 Å². The average Bonchev–Trinajstić information content (AvgIpc) is 2.73. The van der Waals surface area contributed by atoms with Crippen molar-refractivity contribution < 1.29 is 0 Å². The Morgan fingerprint density at radius 2 is 2.25 bits per heavy atom. The van der Waals surface area contributed by atoms with Crippen molar-refractivity contribution in [1.29, 1.82) is 0 Å². The van der Waals surface area contributed by atoms with Crippen LogP contribution < -0.4 is 5.32 Å². The SMILES string of the molecule is Cc1ccc(-n2cc3c(n2)CCNC3)nn1. The van der Waals surface area contributed by atoms with Gasteiger partial charge in [-0.25, -0.2) is 4.68 Å². The van der Waals surface area contributed by atoms with Gasteiger partial charge in [0.25, 0.3) is 0 Å². The van der Waals surface area contributed by atoms with Crippen molar-refractivity contribution in [2.45, 2.75) is 19.9 Å². The van der Waals surface area contributed by atoms with Gasteiger partial charge in [-0.1, -0.05) is 0 Å². The number of hydrogen-bond donors (Lipinski definition) is 1. The van der Waals surface area contributed by atoms with E-state index in [1.54, 1.807) is 0 Å². The summed E-state index contributed by atoms with van der Waals surface area (Å²) in [4.78, 5) is 0. The molecule has 0 bridgehead atoms. The standard InChI is InChI=1S/C11H13N5/c1-8-2-3-11(14-13-8)16-7-9-6-12-5-4-10(9)15-16/h2-3,7,12H,4-6H2,1H3. The van der Waals surface area contributed by atoms with E-state index in [-0.39, 0.29) is 0 Å². The van der Waals surface area contributed by atoms with Gasteiger partial charge in [-0.3, -0.25) is 0 Å². The first-order chi connectivity index (χ1) is 7.83. The number of aryl methyl sites for hydroxylation is 1. The first-order valence-electron chi connectivity index (χ1n) is 5.42. The van der Waals surface area contributed by atoms with E-state index in [0.717, 1.165) is 31.0 Å². The van der Waals surface area contributed by atoms with Gasteiger partial charge in [0, 0.05) is 31.3 Å². The number of rotatable bonds is 1. The Balaban J connectivity index is 2.00. The van der Waals surface area contributed by atoms with Crippen LogP contribution in [0, 0.1) is 6.92 Å². The molecule has 2 aromatic rings. The van der Waals surface area contributed by atoms with Gasteiger partial charge in [0.15, 0.2) is 5.82 Å². The van der Waals surface area contributed by atoms with Crippen LogP contribution in [0.3, 0.4) is 0 Å². The fourth-order valence-corrected chi connectivity index (χ4v) is 1.86. The minimum absolute atomic E-state index is 0.778. The zero-order valence-electron chi connectivity index (χ0n) is 9.14. The molecule has 1 aliphatic rings. The van der Waals surface area contributed by atoms with E-state index in [9.17, 15) is 0 Å². The first-order valence-corrected chi connectivity index (χ1v) is 5.42. The molecular formula is C11H13N5. The van der Waals surface area contributed by atoms with Crippen LogP contribution in [0.2, 0.25) is 0 Å². The van der Waals surface area contributed by atoms with E-state index in [2.05, 4.69) is 20.6 Å². The van der Waals surface area contributed by atoms with Gasteiger partial charge in [-0.05, 0) is 19.1 Å². The Morgan fingerprint density at radius 1 is 1.31 bits per heavy atom. The summed E-state index contributed by atoms with van der Waals surface area (Å²) >= 11 is 0. The smallest absolute Gasteiger partial charge is 0.175 e. The van der Waals surface area contributed by atoms with Crippen molar-refractivity contribution in [1.82, 2.24) is 25.3 Å². The van der Waals surface area contributed by atoms with E-state index < -0.39 is 0 Å². The lowest BCUT2D eigenvalue weighted by atomic mass is 10.1. The second-order valence-electron chi connectivity index (χ2n) is 4.01. The third-order valence-corrected chi connectivity index (χ3v) is 2.75. The molecule has 2 aromatic heterocycles. The largest absolute Gasteiger partial charge is 0.312 e. The molecule has 0 saturated carbocycles. The lowest BCUT2D eigenvalue weighted by Gasteiger charge is -2.09. The maximum absolute atomic E-state index is 4.52. The van der Waals surface area contributed by atoms with Crippen LogP contribution in [-0.4, -0.2) is 26.5 Å². The van der Waals surface area contributed by atoms with Gasteiger partial charge in [0.05, 0.1) is 11.4 Å². The molecule has 1 aliphatic heterocycles. The summed E-state index contributed by atoms with van der Waals surface area (Å²) in [5.74, 6) is 0.778. The quantitative estimate of drug-likeness (QED) is 0.757. The number of nitrogens with one attached hydrogen (secondary N) is 1. The van der Waals surface area contributed by atoms with Gasteiger partial charge in [-0.2, -0.15) is 10.2 Å². The Morgan fingerprint density at radius 3 is 3.00 bits per heavy atom. The molecule has 0 radical (unpaired) electrons. The minimum Gasteiger partial charge on any atom is -0.312 e. The maximum Gasteiger partial charge on any atom is 0.175 e. The minimum atomic E-state index is 0.778. The number of aromatic nitrogens is 4. The molecule has 16 heavy (non-hydrogen) atoms. The molecule has 82 valence electrons. The fraction of sp³-hybridized carbons (Fsp3) is 0.364. The highest BCUT2D eigenvalue weighted by Crippen LogP contribution is 2.13. The predicted octanol–water partition coefficient (Wildman–Crippen LogP) is 0.616. The van der Waals surface area contributed by atoms with E-state index in [4.69, 9.17) is 0 Å². The Hall–Kier alpha value is -1.75. The zero-order chi connectivity index (χ0) is 11.0. The molecule has 0 unspecified atom stereocenters. The van der Waals surface area contributed by atoms with Gasteiger partial charge < -0.3 is 5.32 Å². The Bertz CT molecular complexity index is 476. The molecule has 3 rings (SSSR count). The normalized spacial score (nSPS) is 14.8. The summed E-state index contributed by atoms with van der Waals surface area (Å²) in [7, 11) is 0. The molecule has 0 spiro atoms. The van der Waals surface area contributed by atoms with Crippen LogP contribution in [0.15, 0.2) is 18.3 Å². The highest BCUT2D eigenvalue weighted by atomic mass is 15.3. The highest BCUT2D eigenvalue weighted by Gasteiger charge is 2.13. The third kappa shape index (κ3) is 1.59. The summed E-state index contributed by atoms with van der Waals surface area (Å²) < 4.78 is 1.81. The predicted molar refractivity (Wildman–Crippen MR) is 59.3 cm³/mol. The number of hydrogen-bond acceptors (Lipinski definition) is 4. The van der Waals surface area contributed by atoms with Crippen LogP contribution in [0.4, 0.5) is 0 Å². The molecule has 0 saturated heterocycles. The van der Waals surface area contributed by atoms with Gasteiger partial charge in [-0.15, -0.1) is 5.10 Å². The third-order valence-electron chi connectivity index (χ3n) is 2.75. The summed E-state index contributed by atoms with van der Waals surface area (Å²) in [6, 6.07) is 3.88. The number of fused-ring (bicyclic) bond motifs is 1. The lowest BCUT2D eigenvalue weighted by Crippen LogP contribution is -2.22. The molecule has 0 atom stereocenters. The van der Waals surface area contributed by atoms with E-state index in [1.807, 2.05) is 29.9 Å². The monoisotopic (exact) mass is 215 g/mol. The van der Waals surface area contributed by atoms with Crippen molar-refractivity contribution in [3.63, 3.8) is 0 Å². The fourth-order valence-electron chi connectivity index (χ4n) is 1.86. The lowest BCUT2D eigenvalue weighted by molar-refractivity contribution is 0.635. The molecular weight excluding hydrogens is 202 g/mol. The Labute approximate surface area is 93.5 Å². The van der Waals surface area contributed by atoms with Crippen LogP contribution in [0.25, 0.3) is 5.82 Å². The average molecular weight is 215 g/mol. The van der Waals surface area contributed by atoms with Gasteiger partial charge >= 0.3 is 0 Å². The van der Waals surface area contributed by atoms with Crippen LogP contribution in [-0.2, 0) is 13.0 Å². The van der Waals surface area contributed by atoms with E-state index in [0.29, 0.717) is 0 Å². The highest BCUT2D eigenvalue weighted by molar-refractivity contribution is 5.27. The van der Waals surface area contributed by atoms with E-state index >= 15 is 0 Å². The molecule has 5 heteroatoms. The van der Waals surface area contributed by atoms with Crippen LogP contribution >= 0.6 is 0 Å². The van der Waals surface area contributed by atoms with Crippen molar-refractivity contribution >= 4 is 0 Å². The first kappa shape index (κ1) is 9.47. The summed E-state index contributed by atoms with van der Waals surface area (Å²) in [6.07, 6.45) is 3.02. The molecule has 0 aromatic carbocycles. The van der Waals surface area contributed by atoms with Crippen molar-refractivity contribution in [2.24, 2.45) is 0 Å². The van der Waals surface area contributed by atoms with Crippen LogP contribution in [0.1, 0.15) is 17.0 Å². The maximum atomic E-state index is 4.52.